The Hall–Kier alpha value is -2.66. The van der Waals surface area contributed by atoms with Gasteiger partial charge in [-0.1, -0.05) is 19.1 Å². The van der Waals surface area contributed by atoms with Crippen LogP contribution in [-0.2, 0) is 14.3 Å². The molecule has 0 aliphatic heterocycles. The molecule has 0 saturated heterocycles. The van der Waals surface area contributed by atoms with E-state index in [1.807, 2.05) is 32.0 Å². The van der Waals surface area contributed by atoms with Crippen LogP contribution in [0.15, 0.2) is 48.5 Å². The molecule has 0 spiro atoms. The molecule has 2 aromatic rings. The molecule has 1 atom stereocenters. The van der Waals surface area contributed by atoms with Gasteiger partial charge in [-0.05, 0) is 65.9 Å². The predicted molar refractivity (Wildman–Crippen MR) is 101 cm³/mol. The Balaban J connectivity index is 2.50. The van der Waals surface area contributed by atoms with Gasteiger partial charge < -0.3 is 15.2 Å². The lowest BCUT2D eigenvalue weighted by molar-refractivity contribution is -0.134. The van der Waals surface area contributed by atoms with Gasteiger partial charge >= 0.3 is 5.97 Å². The van der Waals surface area contributed by atoms with E-state index in [-0.39, 0.29) is 11.9 Å². The van der Waals surface area contributed by atoms with Crippen molar-refractivity contribution in [2.45, 2.75) is 26.4 Å². The molecule has 26 heavy (non-hydrogen) atoms. The molecule has 0 fully saturated rings. The summed E-state index contributed by atoms with van der Waals surface area (Å²) in [5.41, 5.74) is 9.99. The van der Waals surface area contributed by atoms with Gasteiger partial charge in [0.1, 0.15) is 11.9 Å². The minimum atomic E-state index is -0.411. The van der Waals surface area contributed by atoms with E-state index < -0.39 is 5.97 Å². The number of allylic oxidation sites excluding steroid dienone is 1. The van der Waals surface area contributed by atoms with E-state index >= 15 is 0 Å². The molecule has 2 N–H and O–H groups in total. The molecule has 0 saturated carbocycles. The van der Waals surface area contributed by atoms with Gasteiger partial charge in [-0.3, -0.25) is 0 Å². The number of rotatable bonds is 7. The summed E-state index contributed by atoms with van der Waals surface area (Å²) in [5.74, 6) is -0.711. The molecule has 0 aliphatic carbocycles. The average molecular weight is 357 g/mol. The summed E-state index contributed by atoms with van der Waals surface area (Å²) < 4.78 is 23.9. The van der Waals surface area contributed by atoms with Gasteiger partial charge in [0, 0.05) is 18.4 Å². The summed E-state index contributed by atoms with van der Waals surface area (Å²) in [7, 11) is 1.34. The Bertz CT molecular complexity index is 784. The monoisotopic (exact) mass is 357 g/mol. The van der Waals surface area contributed by atoms with Crippen LogP contribution in [0.5, 0.6) is 0 Å². The van der Waals surface area contributed by atoms with E-state index in [0.29, 0.717) is 18.7 Å². The van der Waals surface area contributed by atoms with E-state index in [2.05, 4.69) is 0 Å². The van der Waals surface area contributed by atoms with Crippen molar-refractivity contribution >= 4 is 17.2 Å². The number of benzene rings is 2. The van der Waals surface area contributed by atoms with Crippen molar-refractivity contribution < 1.29 is 18.7 Å². The first-order chi connectivity index (χ1) is 12.5. The van der Waals surface area contributed by atoms with Gasteiger partial charge in [0.15, 0.2) is 0 Å². The van der Waals surface area contributed by atoms with Gasteiger partial charge in [0.25, 0.3) is 0 Å². The molecule has 0 bridgehead atoms. The minimum Gasteiger partial charge on any atom is -0.466 e. The fourth-order valence-corrected chi connectivity index (χ4v) is 2.79. The van der Waals surface area contributed by atoms with Crippen LogP contribution < -0.4 is 5.73 Å². The molecule has 2 aromatic carbocycles. The third-order valence-corrected chi connectivity index (χ3v) is 4.03. The van der Waals surface area contributed by atoms with Crippen LogP contribution in [0.4, 0.5) is 10.1 Å². The first kappa shape index (κ1) is 19.7. The second-order valence-electron chi connectivity index (χ2n) is 5.82. The number of methoxy groups -OCH3 is 1. The average Bonchev–Trinajstić information content (AvgIpc) is 2.64. The molecule has 4 nitrogen and oxygen atoms in total. The molecule has 0 heterocycles. The van der Waals surface area contributed by atoms with Crippen LogP contribution in [0.3, 0.4) is 0 Å². The number of halogens is 1. The maximum Gasteiger partial charge on any atom is 0.330 e. The van der Waals surface area contributed by atoms with E-state index in [4.69, 9.17) is 15.2 Å². The van der Waals surface area contributed by atoms with Gasteiger partial charge in [-0.15, -0.1) is 0 Å². The Kier molecular flexibility index (Phi) is 6.92. The van der Waals surface area contributed by atoms with E-state index in [9.17, 15) is 9.18 Å². The number of nitrogens with two attached hydrogens (primary N) is 1. The second-order valence-corrected chi connectivity index (χ2v) is 5.82. The standard InChI is InChI=1S/C21H24FNO3/c1-4-14(13-20(24)25-3)16-10-17(12-19(23)11-16)21(26-5-2)15-6-8-18(22)9-7-15/h6-13,21H,4-5,23H2,1-3H3/b14-13-. The SMILES string of the molecule is CCOC(c1ccc(F)cc1)c1cc(N)cc(/C(=C\C(=O)OC)CC)c1. The maximum atomic E-state index is 13.3. The van der Waals surface area contributed by atoms with Crippen molar-refractivity contribution in [1.29, 1.82) is 0 Å². The van der Waals surface area contributed by atoms with Crippen LogP contribution in [0.2, 0.25) is 0 Å². The largest absolute Gasteiger partial charge is 0.466 e. The molecule has 138 valence electrons. The molecule has 2 rings (SSSR count). The normalized spacial score (nSPS) is 12.7. The van der Waals surface area contributed by atoms with E-state index in [1.54, 1.807) is 12.1 Å². The highest BCUT2D eigenvalue weighted by Crippen LogP contribution is 2.31. The Morgan fingerprint density at radius 1 is 1.15 bits per heavy atom. The number of carbonyl (C=O) groups is 1. The zero-order chi connectivity index (χ0) is 19.1. The van der Waals surface area contributed by atoms with Crippen LogP contribution in [-0.4, -0.2) is 19.7 Å². The quantitative estimate of drug-likeness (QED) is 0.450. The van der Waals surface area contributed by atoms with Gasteiger partial charge in [0.05, 0.1) is 7.11 Å². The number of esters is 1. The lowest BCUT2D eigenvalue weighted by Gasteiger charge is -2.20. The molecule has 1 unspecified atom stereocenters. The minimum absolute atomic E-state index is 0.299. The van der Waals surface area contributed by atoms with Crippen LogP contribution in [0, 0.1) is 5.82 Å². The number of nitrogen functional groups attached to an aromatic ring is 1. The van der Waals surface area contributed by atoms with Crippen molar-refractivity contribution in [3.8, 4) is 0 Å². The third-order valence-electron chi connectivity index (χ3n) is 4.03. The highest BCUT2D eigenvalue weighted by molar-refractivity contribution is 5.91. The highest BCUT2D eigenvalue weighted by Gasteiger charge is 2.17. The molecular weight excluding hydrogens is 333 g/mol. The Morgan fingerprint density at radius 3 is 2.42 bits per heavy atom. The van der Waals surface area contributed by atoms with E-state index in [0.717, 1.165) is 22.3 Å². The topological polar surface area (TPSA) is 61.5 Å². The summed E-state index contributed by atoms with van der Waals surface area (Å²) in [6, 6.07) is 11.8. The molecule has 0 amide bonds. The third kappa shape index (κ3) is 4.92. The molecule has 0 radical (unpaired) electrons. The zero-order valence-electron chi connectivity index (χ0n) is 15.3. The lowest BCUT2D eigenvalue weighted by Crippen LogP contribution is -2.08. The smallest absolute Gasteiger partial charge is 0.330 e. The summed E-state index contributed by atoms with van der Waals surface area (Å²) in [6.07, 6.45) is 1.74. The van der Waals surface area contributed by atoms with Crippen LogP contribution in [0.1, 0.15) is 43.1 Å². The lowest BCUT2D eigenvalue weighted by atomic mass is 9.95. The van der Waals surface area contributed by atoms with Crippen molar-refractivity contribution in [2.24, 2.45) is 0 Å². The first-order valence-corrected chi connectivity index (χ1v) is 8.54. The number of hydrogen-bond acceptors (Lipinski definition) is 4. The van der Waals surface area contributed by atoms with Crippen LogP contribution in [0.25, 0.3) is 5.57 Å². The number of carbonyl (C=O) groups excluding carboxylic acids is 1. The summed E-state index contributed by atoms with van der Waals surface area (Å²) in [4.78, 5) is 11.6. The van der Waals surface area contributed by atoms with E-state index in [1.165, 1.54) is 25.3 Å². The molecule has 0 aromatic heterocycles. The van der Waals surface area contributed by atoms with Crippen molar-refractivity contribution in [2.75, 3.05) is 19.5 Å². The second kappa shape index (κ2) is 9.15. The van der Waals surface area contributed by atoms with Crippen molar-refractivity contribution in [3.05, 3.63) is 71.0 Å². The fraction of sp³-hybridized carbons (Fsp3) is 0.286. The van der Waals surface area contributed by atoms with Gasteiger partial charge in [0.2, 0.25) is 0 Å². The van der Waals surface area contributed by atoms with Crippen LogP contribution >= 0.6 is 0 Å². The predicted octanol–water partition coefficient (Wildman–Crippen LogP) is 4.50. The zero-order valence-corrected chi connectivity index (χ0v) is 15.3. The van der Waals surface area contributed by atoms with Crippen molar-refractivity contribution in [3.63, 3.8) is 0 Å². The summed E-state index contributed by atoms with van der Waals surface area (Å²) in [6.45, 7) is 4.35. The Morgan fingerprint density at radius 2 is 1.85 bits per heavy atom. The van der Waals surface area contributed by atoms with Gasteiger partial charge in [-0.2, -0.15) is 0 Å². The van der Waals surface area contributed by atoms with Crippen molar-refractivity contribution in [1.82, 2.24) is 0 Å². The first-order valence-electron chi connectivity index (χ1n) is 8.54. The molecular formula is C21H24FNO3. The summed E-state index contributed by atoms with van der Waals surface area (Å²) >= 11 is 0. The molecule has 0 aliphatic rings. The summed E-state index contributed by atoms with van der Waals surface area (Å²) in [5, 5.41) is 0. The number of anilines is 1. The van der Waals surface area contributed by atoms with Gasteiger partial charge in [-0.25, -0.2) is 9.18 Å². The molecule has 5 heteroatoms. The maximum absolute atomic E-state index is 13.3. The number of hydrogen-bond donors (Lipinski definition) is 1. The number of ether oxygens (including phenoxy) is 2. The Labute approximate surface area is 153 Å². The highest BCUT2D eigenvalue weighted by atomic mass is 19.1. The fourth-order valence-electron chi connectivity index (χ4n) is 2.79.